The summed E-state index contributed by atoms with van der Waals surface area (Å²) in [7, 11) is 1.58. The summed E-state index contributed by atoms with van der Waals surface area (Å²) in [4.78, 5) is 12.1. The van der Waals surface area contributed by atoms with Crippen LogP contribution in [0.2, 0.25) is 0 Å². The monoisotopic (exact) mass is 234 g/mol. The van der Waals surface area contributed by atoms with E-state index in [0.717, 1.165) is 16.1 Å². The molecule has 0 saturated carbocycles. The highest BCUT2D eigenvalue weighted by atomic mass is 16.2. The van der Waals surface area contributed by atoms with Crippen molar-refractivity contribution in [3.63, 3.8) is 0 Å². The zero-order valence-electron chi connectivity index (χ0n) is 11.6. The smallest absolute Gasteiger partial charge is 0.246 e. The highest BCUT2D eigenvalue weighted by molar-refractivity contribution is 5.87. The predicted molar refractivity (Wildman–Crippen MR) is 70.6 cm³/mol. The first-order valence-electron chi connectivity index (χ1n) is 5.79. The van der Waals surface area contributed by atoms with Crippen LogP contribution in [0.4, 0.5) is 0 Å². The first-order valence-corrected chi connectivity index (χ1v) is 5.79. The quantitative estimate of drug-likeness (QED) is 0.484. The van der Waals surface area contributed by atoms with Gasteiger partial charge in [-0.1, -0.05) is 12.1 Å². The number of likely N-dealkylation sites (N-methyl/N-ethyl adjacent to an activating group) is 1. The molecule has 0 radical (unpaired) electrons. The summed E-state index contributed by atoms with van der Waals surface area (Å²) in [6.07, 6.45) is 0. The zero-order chi connectivity index (χ0) is 13.4. The molecule has 0 aliphatic rings. The van der Waals surface area contributed by atoms with Crippen molar-refractivity contribution in [1.82, 2.24) is 5.01 Å². The lowest BCUT2D eigenvalue weighted by atomic mass is 9.79. The summed E-state index contributed by atoms with van der Waals surface area (Å²) in [6.45, 7) is 10.00. The summed E-state index contributed by atoms with van der Waals surface area (Å²) in [5, 5.41) is 1.16. The lowest BCUT2D eigenvalue weighted by Crippen LogP contribution is -2.45. The maximum atomic E-state index is 12.1. The molecule has 0 spiro atoms. The highest BCUT2D eigenvalue weighted by Crippen LogP contribution is 2.29. The van der Waals surface area contributed by atoms with Gasteiger partial charge < -0.3 is 0 Å². The van der Waals surface area contributed by atoms with Gasteiger partial charge in [-0.25, -0.2) is 5.84 Å². The van der Waals surface area contributed by atoms with Crippen LogP contribution in [0.15, 0.2) is 12.1 Å². The van der Waals surface area contributed by atoms with E-state index in [2.05, 4.69) is 26.0 Å². The first kappa shape index (κ1) is 13.7. The maximum Gasteiger partial charge on any atom is 0.246 e. The van der Waals surface area contributed by atoms with Crippen LogP contribution >= 0.6 is 0 Å². The van der Waals surface area contributed by atoms with Gasteiger partial charge in [-0.2, -0.15) is 0 Å². The number of amides is 1. The van der Waals surface area contributed by atoms with Gasteiger partial charge in [0.25, 0.3) is 0 Å². The van der Waals surface area contributed by atoms with Crippen molar-refractivity contribution in [1.29, 1.82) is 0 Å². The SMILES string of the molecule is Cc1cc(C)c(C(C)(C)C(=O)N(C)N)cc1C. The number of benzene rings is 1. The first-order chi connectivity index (χ1) is 7.67. The summed E-state index contributed by atoms with van der Waals surface area (Å²) < 4.78 is 0. The molecule has 0 aliphatic heterocycles. The predicted octanol–water partition coefficient (Wildman–Crippen LogP) is 2.22. The van der Waals surface area contributed by atoms with E-state index in [0.29, 0.717) is 0 Å². The van der Waals surface area contributed by atoms with E-state index >= 15 is 0 Å². The normalized spacial score (nSPS) is 11.5. The van der Waals surface area contributed by atoms with Gasteiger partial charge in [-0.3, -0.25) is 9.80 Å². The molecule has 1 aromatic carbocycles. The van der Waals surface area contributed by atoms with Gasteiger partial charge >= 0.3 is 0 Å². The molecule has 3 nitrogen and oxygen atoms in total. The molecule has 1 amide bonds. The summed E-state index contributed by atoms with van der Waals surface area (Å²) in [6, 6.07) is 4.21. The van der Waals surface area contributed by atoms with E-state index in [1.54, 1.807) is 7.05 Å². The molecule has 0 unspecified atom stereocenters. The molecule has 0 aliphatic carbocycles. The Morgan fingerprint density at radius 3 is 2.06 bits per heavy atom. The third-order valence-corrected chi connectivity index (χ3v) is 3.37. The van der Waals surface area contributed by atoms with E-state index < -0.39 is 5.41 Å². The van der Waals surface area contributed by atoms with Crippen molar-refractivity contribution < 1.29 is 4.79 Å². The Kier molecular flexibility index (Phi) is 3.62. The number of nitrogens with zero attached hydrogens (tertiary/aromatic N) is 1. The molecule has 17 heavy (non-hydrogen) atoms. The minimum Gasteiger partial charge on any atom is -0.283 e. The Morgan fingerprint density at radius 1 is 1.12 bits per heavy atom. The van der Waals surface area contributed by atoms with Crippen molar-refractivity contribution in [2.75, 3.05) is 7.05 Å². The van der Waals surface area contributed by atoms with Gasteiger partial charge in [0.15, 0.2) is 0 Å². The van der Waals surface area contributed by atoms with Crippen LogP contribution in [-0.2, 0) is 10.2 Å². The van der Waals surface area contributed by atoms with Crippen LogP contribution in [0.25, 0.3) is 0 Å². The molecule has 0 aromatic heterocycles. The number of aryl methyl sites for hydroxylation is 3. The van der Waals surface area contributed by atoms with Gasteiger partial charge in [0.1, 0.15) is 0 Å². The van der Waals surface area contributed by atoms with E-state index in [1.165, 1.54) is 11.1 Å². The molecular weight excluding hydrogens is 212 g/mol. The lowest BCUT2D eigenvalue weighted by Gasteiger charge is -2.29. The Labute approximate surface area is 104 Å². The fraction of sp³-hybridized carbons (Fsp3) is 0.500. The van der Waals surface area contributed by atoms with Crippen LogP contribution in [0.3, 0.4) is 0 Å². The second kappa shape index (κ2) is 4.49. The van der Waals surface area contributed by atoms with Crippen LogP contribution in [0.5, 0.6) is 0 Å². The Morgan fingerprint density at radius 2 is 1.59 bits per heavy atom. The minimum atomic E-state index is -0.591. The Hall–Kier alpha value is -1.35. The molecule has 0 fully saturated rings. The summed E-state index contributed by atoms with van der Waals surface area (Å²) >= 11 is 0. The van der Waals surface area contributed by atoms with E-state index in [-0.39, 0.29) is 5.91 Å². The van der Waals surface area contributed by atoms with Crippen molar-refractivity contribution in [2.45, 2.75) is 40.0 Å². The zero-order valence-corrected chi connectivity index (χ0v) is 11.6. The maximum absolute atomic E-state index is 12.1. The van der Waals surface area contributed by atoms with Crippen LogP contribution in [0.1, 0.15) is 36.1 Å². The molecule has 0 atom stereocenters. The fourth-order valence-electron chi connectivity index (χ4n) is 2.19. The minimum absolute atomic E-state index is 0.0798. The largest absolute Gasteiger partial charge is 0.283 e. The molecule has 94 valence electrons. The number of nitrogens with two attached hydrogens (primary N) is 1. The van der Waals surface area contributed by atoms with Crippen LogP contribution in [-0.4, -0.2) is 18.0 Å². The number of carbonyl (C=O) groups excluding carboxylic acids is 1. The molecular formula is C14H22N2O. The molecule has 1 aromatic rings. The topological polar surface area (TPSA) is 46.3 Å². The summed E-state index contributed by atoms with van der Waals surface area (Å²) in [5.41, 5.74) is 4.03. The van der Waals surface area contributed by atoms with Gasteiger partial charge in [-0.05, 0) is 56.9 Å². The third kappa shape index (κ3) is 2.50. The van der Waals surface area contributed by atoms with E-state index in [4.69, 9.17) is 5.84 Å². The number of hydrazine groups is 1. The van der Waals surface area contributed by atoms with Crippen molar-refractivity contribution in [3.05, 3.63) is 34.4 Å². The van der Waals surface area contributed by atoms with E-state index in [1.807, 2.05) is 20.8 Å². The Bertz CT molecular complexity index is 448. The lowest BCUT2D eigenvalue weighted by molar-refractivity contribution is -0.135. The van der Waals surface area contributed by atoms with Crippen LogP contribution in [0, 0.1) is 20.8 Å². The molecule has 1 rings (SSSR count). The summed E-state index contributed by atoms with van der Waals surface area (Å²) in [5.74, 6) is 5.48. The average Bonchev–Trinajstić information content (AvgIpc) is 2.21. The van der Waals surface area contributed by atoms with Gasteiger partial charge in [0.05, 0.1) is 5.41 Å². The van der Waals surface area contributed by atoms with Gasteiger partial charge in [0, 0.05) is 7.05 Å². The molecule has 0 heterocycles. The number of carbonyl (C=O) groups is 1. The Balaban J connectivity index is 3.33. The van der Waals surface area contributed by atoms with Crippen LogP contribution < -0.4 is 5.84 Å². The third-order valence-electron chi connectivity index (χ3n) is 3.37. The molecule has 3 heteroatoms. The molecule has 0 saturated heterocycles. The van der Waals surface area contributed by atoms with E-state index in [9.17, 15) is 4.79 Å². The number of hydrogen-bond acceptors (Lipinski definition) is 2. The number of rotatable bonds is 2. The molecule has 2 N–H and O–H groups in total. The second-order valence-electron chi connectivity index (χ2n) is 5.29. The highest BCUT2D eigenvalue weighted by Gasteiger charge is 2.33. The van der Waals surface area contributed by atoms with Crippen molar-refractivity contribution in [3.8, 4) is 0 Å². The van der Waals surface area contributed by atoms with Crippen molar-refractivity contribution >= 4 is 5.91 Å². The van der Waals surface area contributed by atoms with Gasteiger partial charge in [-0.15, -0.1) is 0 Å². The average molecular weight is 234 g/mol. The fourth-order valence-corrected chi connectivity index (χ4v) is 2.19. The molecule has 0 bridgehead atoms. The standard InChI is InChI=1S/C14H22N2O/c1-9-7-11(3)12(8-10(9)2)14(4,5)13(17)16(6)15/h7-8H,15H2,1-6H3. The number of hydrogen-bond donors (Lipinski definition) is 1. The van der Waals surface area contributed by atoms with Crippen molar-refractivity contribution in [2.24, 2.45) is 5.84 Å². The second-order valence-corrected chi connectivity index (χ2v) is 5.29. The van der Waals surface area contributed by atoms with Gasteiger partial charge in [0.2, 0.25) is 5.91 Å².